The summed E-state index contributed by atoms with van der Waals surface area (Å²) in [6.45, 7) is 5.50. The number of carbonyl (C=O) groups excluding carboxylic acids is 1. The molecule has 1 saturated heterocycles. The van der Waals surface area contributed by atoms with Crippen LogP contribution in [0, 0.1) is 5.92 Å². The number of ether oxygens (including phenoxy) is 1. The predicted octanol–water partition coefficient (Wildman–Crippen LogP) is 3.84. The molecule has 0 spiro atoms. The van der Waals surface area contributed by atoms with Crippen LogP contribution in [0.5, 0.6) is 0 Å². The van der Waals surface area contributed by atoms with E-state index >= 15 is 0 Å². The normalized spacial score (nSPS) is 15.3. The highest BCUT2D eigenvalue weighted by atomic mass is 16.5. The zero-order valence-corrected chi connectivity index (χ0v) is 20.6. The lowest BCUT2D eigenvalue weighted by Crippen LogP contribution is -2.31. The van der Waals surface area contributed by atoms with E-state index in [1.54, 1.807) is 13.2 Å². The highest BCUT2D eigenvalue weighted by molar-refractivity contribution is 5.79. The van der Waals surface area contributed by atoms with Crippen molar-refractivity contribution < 1.29 is 14.1 Å². The van der Waals surface area contributed by atoms with Crippen LogP contribution in [0.4, 0.5) is 0 Å². The van der Waals surface area contributed by atoms with Gasteiger partial charge in [-0.15, -0.1) is 0 Å². The maximum absolute atomic E-state index is 13.6. The molecule has 186 valence electrons. The summed E-state index contributed by atoms with van der Waals surface area (Å²) in [5, 5.41) is 4.09. The van der Waals surface area contributed by atoms with E-state index < -0.39 is 0 Å². The summed E-state index contributed by atoms with van der Waals surface area (Å²) in [4.78, 5) is 33.3. The standard InChI is InChI=1S/C27H34N4O4/c1-20(19-34-2)17-22(32)18-31-24(21-9-5-3-6-10-21)12-11-23(27(31)33)26-28-25(35-29-26)13-16-30-14-7-4-8-15-30/h3,5-6,9-12,20H,4,7-8,13-19H2,1-2H3. The third-order valence-corrected chi connectivity index (χ3v) is 6.41. The van der Waals surface area contributed by atoms with Gasteiger partial charge in [0.1, 0.15) is 0 Å². The van der Waals surface area contributed by atoms with Crippen molar-refractivity contribution in [2.75, 3.05) is 33.4 Å². The summed E-state index contributed by atoms with van der Waals surface area (Å²) in [6, 6.07) is 13.2. The van der Waals surface area contributed by atoms with Gasteiger partial charge in [-0.1, -0.05) is 48.8 Å². The largest absolute Gasteiger partial charge is 0.384 e. The number of hydrogen-bond acceptors (Lipinski definition) is 7. The minimum atomic E-state index is -0.303. The van der Waals surface area contributed by atoms with Crippen molar-refractivity contribution >= 4 is 5.78 Å². The second-order valence-electron chi connectivity index (χ2n) is 9.36. The minimum absolute atomic E-state index is 0.0232. The number of benzene rings is 1. The van der Waals surface area contributed by atoms with E-state index in [0.29, 0.717) is 36.6 Å². The number of Topliss-reactive ketones (excluding diaryl/α,β-unsaturated/α-hetero) is 1. The van der Waals surface area contributed by atoms with E-state index in [0.717, 1.165) is 25.2 Å². The van der Waals surface area contributed by atoms with Gasteiger partial charge in [-0.3, -0.25) is 9.59 Å². The average molecular weight is 479 g/mol. The van der Waals surface area contributed by atoms with Gasteiger partial charge in [-0.2, -0.15) is 4.98 Å². The maximum atomic E-state index is 13.6. The number of piperidine rings is 1. The van der Waals surface area contributed by atoms with E-state index in [4.69, 9.17) is 9.26 Å². The molecule has 0 saturated carbocycles. The molecule has 1 fully saturated rings. The van der Waals surface area contributed by atoms with Crippen LogP contribution in [0.15, 0.2) is 51.8 Å². The lowest BCUT2D eigenvalue weighted by Gasteiger charge is -2.25. The smallest absolute Gasteiger partial charge is 0.262 e. The first kappa shape index (κ1) is 25.0. The Morgan fingerprint density at radius 3 is 2.63 bits per heavy atom. The molecule has 4 rings (SSSR count). The molecule has 0 amide bonds. The maximum Gasteiger partial charge on any atom is 0.262 e. The summed E-state index contributed by atoms with van der Waals surface area (Å²) in [5.74, 6) is 0.831. The Balaban J connectivity index is 1.59. The van der Waals surface area contributed by atoms with E-state index in [-0.39, 0.29) is 29.6 Å². The number of carbonyl (C=O) groups is 1. The number of likely N-dealkylation sites (tertiary alicyclic amines) is 1. The molecular weight excluding hydrogens is 444 g/mol. The van der Waals surface area contributed by atoms with Gasteiger partial charge < -0.3 is 18.7 Å². The number of methoxy groups -OCH3 is 1. The summed E-state index contributed by atoms with van der Waals surface area (Å²) < 4.78 is 12.1. The molecule has 0 radical (unpaired) electrons. The Labute approximate surface area is 205 Å². The van der Waals surface area contributed by atoms with Crippen molar-refractivity contribution in [2.45, 2.75) is 45.6 Å². The Morgan fingerprint density at radius 1 is 1.11 bits per heavy atom. The molecule has 35 heavy (non-hydrogen) atoms. The van der Waals surface area contributed by atoms with Crippen molar-refractivity contribution in [3.63, 3.8) is 0 Å². The molecule has 3 heterocycles. The quantitative estimate of drug-likeness (QED) is 0.414. The molecule has 2 aromatic heterocycles. The molecule has 0 aliphatic carbocycles. The van der Waals surface area contributed by atoms with Gasteiger partial charge in [-0.05, 0) is 49.5 Å². The van der Waals surface area contributed by atoms with Crippen LogP contribution in [0.3, 0.4) is 0 Å². The number of pyridine rings is 1. The average Bonchev–Trinajstić information content (AvgIpc) is 3.34. The first-order valence-corrected chi connectivity index (χ1v) is 12.4. The zero-order chi connectivity index (χ0) is 24.6. The van der Waals surface area contributed by atoms with Crippen molar-refractivity contribution in [1.82, 2.24) is 19.6 Å². The molecule has 1 atom stereocenters. The molecular formula is C27H34N4O4. The van der Waals surface area contributed by atoms with Gasteiger partial charge in [0.05, 0.1) is 17.8 Å². The summed E-state index contributed by atoms with van der Waals surface area (Å²) >= 11 is 0. The van der Waals surface area contributed by atoms with Gasteiger partial charge in [0.2, 0.25) is 11.7 Å². The number of nitrogens with zero attached hydrogens (tertiary/aromatic N) is 4. The summed E-state index contributed by atoms with van der Waals surface area (Å²) in [6.07, 6.45) is 4.73. The fourth-order valence-corrected chi connectivity index (χ4v) is 4.64. The molecule has 1 aliphatic heterocycles. The molecule has 0 bridgehead atoms. The van der Waals surface area contributed by atoms with Crippen LogP contribution in [-0.2, 0) is 22.5 Å². The Hall–Kier alpha value is -3.10. The van der Waals surface area contributed by atoms with E-state index in [1.165, 1.54) is 23.8 Å². The predicted molar refractivity (Wildman–Crippen MR) is 134 cm³/mol. The summed E-state index contributed by atoms with van der Waals surface area (Å²) in [7, 11) is 1.62. The monoisotopic (exact) mass is 478 g/mol. The number of rotatable bonds is 11. The third-order valence-electron chi connectivity index (χ3n) is 6.41. The van der Waals surface area contributed by atoms with Crippen LogP contribution >= 0.6 is 0 Å². The SMILES string of the molecule is COCC(C)CC(=O)Cn1c(-c2ccccc2)ccc(-c2noc(CCN3CCCCC3)n2)c1=O. The van der Waals surface area contributed by atoms with Gasteiger partial charge in [0.25, 0.3) is 5.56 Å². The Morgan fingerprint density at radius 2 is 1.89 bits per heavy atom. The molecule has 8 nitrogen and oxygen atoms in total. The van der Waals surface area contributed by atoms with Crippen LogP contribution in [0.2, 0.25) is 0 Å². The van der Waals surface area contributed by atoms with Gasteiger partial charge in [0.15, 0.2) is 5.78 Å². The first-order chi connectivity index (χ1) is 17.0. The van der Waals surface area contributed by atoms with E-state index in [9.17, 15) is 9.59 Å². The van der Waals surface area contributed by atoms with Crippen molar-refractivity contribution in [2.24, 2.45) is 5.92 Å². The lowest BCUT2D eigenvalue weighted by molar-refractivity contribution is -0.120. The summed E-state index contributed by atoms with van der Waals surface area (Å²) in [5.41, 5.74) is 1.57. The van der Waals surface area contributed by atoms with Crippen LogP contribution in [0.25, 0.3) is 22.6 Å². The van der Waals surface area contributed by atoms with Gasteiger partial charge >= 0.3 is 0 Å². The highest BCUT2D eigenvalue weighted by Gasteiger charge is 2.20. The van der Waals surface area contributed by atoms with Crippen LogP contribution in [0.1, 0.15) is 38.5 Å². The molecule has 3 aromatic rings. The van der Waals surface area contributed by atoms with Gasteiger partial charge in [-0.25, -0.2) is 0 Å². The van der Waals surface area contributed by atoms with Crippen molar-refractivity contribution in [1.29, 1.82) is 0 Å². The molecule has 1 aliphatic rings. The fraction of sp³-hybridized carbons (Fsp3) is 0.481. The molecule has 8 heteroatoms. The lowest BCUT2D eigenvalue weighted by atomic mass is 10.0. The Bertz CT molecular complexity index is 1170. The number of hydrogen-bond donors (Lipinski definition) is 0. The second-order valence-corrected chi connectivity index (χ2v) is 9.36. The van der Waals surface area contributed by atoms with Crippen LogP contribution < -0.4 is 5.56 Å². The van der Waals surface area contributed by atoms with Crippen molar-refractivity contribution in [3.8, 4) is 22.6 Å². The molecule has 0 N–H and O–H groups in total. The van der Waals surface area contributed by atoms with E-state index in [2.05, 4.69) is 15.0 Å². The topological polar surface area (TPSA) is 90.5 Å². The van der Waals surface area contributed by atoms with Crippen LogP contribution in [-0.4, -0.2) is 58.7 Å². The minimum Gasteiger partial charge on any atom is -0.384 e. The second kappa shape index (κ2) is 12.0. The third kappa shape index (κ3) is 6.52. The molecule has 1 unspecified atom stereocenters. The van der Waals surface area contributed by atoms with Crippen molar-refractivity contribution in [3.05, 3.63) is 58.7 Å². The first-order valence-electron chi connectivity index (χ1n) is 12.4. The number of aromatic nitrogens is 3. The Kier molecular flexibility index (Phi) is 8.60. The molecule has 1 aromatic carbocycles. The highest BCUT2D eigenvalue weighted by Crippen LogP contribution is 2.21. The fourth-order valence-electron chi connectivity index (χ4n) is 4.64. The number of ketones is 1. The van der Waals surface area contributed by atoms with E-state index in [1.807, 2.05) is 43.3 Å². The zero-order valence-electron chi connectivity index (χ0n) is 20.6. The van der Waals surface area contributed by atoms with Gasteiger partial charge in [0, 0.05) is 33.1 Å².